The summed E-state index contributed by atoms with van der Waals surface area (Å²) in [6.45, 7) is 2.28. The van der Waals surface area contributed by atoms with Gasteiger partial charge in [0.25, 0.3) is 0 Å². The van der Waals surface area contributed by atoms with E-state index in [1.807, 2.05) is 0 Å². The lowest BCUT2D eigenvalue weighted by Gasteiger charge is -2.10. The van der Waals surface area contributed by atoms with Crippen LogP contribution in [0.2, 0.25) is 0 Å². The van der Waals surface area contributed by atoms with Crippen molar-refractivity contribution >= 4 is 0 Å². The van der Waals surface area contributed by atoms with Gasteiger partial charge in [-0.3, -0.25) is 0 Å². The molecule has 0 heterocycles. The molecule has 13 heavy (non-hydrogen) atoms. The molecule has 0 atom stereocenters. The van der Waals surface area contributed by atoms with Crippen molar-refractivity contribution in [3.63, 3.8) is 0 Å². The molecule has 68 valence electrons. The van der Waals surface area contributed by atoms with Gasteiger partial charge >= 0.3 is 0 Å². The van der Waals surface area contributed by atoms with E-state index in [1.54, 1.807) is 11.1 Å². The number of aryl methyl sites for hydroxylation is 1. The molecule has 0 bridgehead atoms. The van der Waals surface area contributed by atoms with Crippen LogP contribution in [0.25, 0.3) is 0 Å². The van der Waals surface area contributed by atoms with Gasteiger partial charge in [-0.15, -0.1) is 0 Å². The Labute approximate surface area is 80.0 Å². The zero-order chi connectivity index (χ0) is 8.84. The summed E-state index contributed by atoms with van der Waals surface area (Å²) in [5.41, 5.74) is 4.93. The summed E-state index contributed by atoms with van der Waals surface area (Å²) >= 11 is 0. The predicted octanol–water partition coefficient (Wildman–Crippen LogP) is 3.75. The summed E-state index contributed by atoms with van der Waals surface area (Å²) in [7, 11) is 0. The summed E-state index contributed by atoms with van der Waals surface area (Å²) in [5.74, 6) is 1.85. The highest BCUT2D eigenvalue weighted by atomic mass is 14.4. The third kappa shape index (κ3) is 1.29. The number of hydrogen-bond acceptors (Lipinski definition) is 0. The Bertz CT molecular complexity index is 330. The molecule has 0 amide bonds. The Hall–Kier alpha value is -0.780. The Morgan fingerprint density at radius 1 is 1.00 bits per heavy atom. The van der Waals surface area contributed by atoms with Crippen LogP contribution in [0.1, 0.15) is 54.2 Å². The molecule has 1 aromatic carbocycles. The molecule has 2 fully saturated rings. The van der Waals surface area contributed by atoms with Crippen molar-refractivity contribution in [2.45, 2.75) is 44.4 Å². The van der Waals surface area contributed by atoms with Crippen molar-refractivity contribution in [1.82, 2.24) is 0 Å². The van der Waals surface area contributed by atoms with Crippen molar-refractivity contribution in [3.8, 4) is 0 Å². The molecule has 3 rings (SSSR count). The van der Waals surface area contributed by atoms with Crippen LogP contribution in [0, 0.1) is 6.92 Å². The summed E-state index contributed by atoms with van der Waals surface area (Å²) < 4.78 is 0. The van der Waals surface area contributed by atoms with Crippen LogP contribution >= 0.6 is 0 Å². The molecule has 2 saturated carbocycles. The molecule has 0 nitrogen and oxygen atoms in total. The largest absolute Gasteiger partial charge is 0.0617 e. The lowest BCUT2D eigenvalue weighted by Crippen LogP contribution is -1.93. The van der Waals surface area contributed by atoms with Crippen molar-refractivity contribution in [1.29, 1.82) is 0 Å². The van der Waals surface area contributed by atoms with Crippen LogP contribution in [0.4, 0.5) is 0 Å². The highest BCUT2D eigenvalue weighted by molar-refractivity contribution is 5.43. The van der Waals surface area contributed by atoms with E-state index in [0.29, 0.717) is 0 Å². The van der Waals surface area contributed by atoms with Crippen LogP contribution < -0.4 is 0 Å². The van der Waals surface area contributed by atoms with Crippen LogP contribution in [0.3, 0.4) is 0 Å². The van der Waals surface area contributed by atoms with Crippen LogP contribution in [0.15, 0.2) is 18.2 Å². The summed E-state index contributed by atoms with van der Waals surface area (Å²) in [5, 5.41) is 0. The molecular weight excluding hydrogens is 156 g/mol. The van der Waals surface area contributed by atoms with Gasteiger partial charge in [0.05, 0.1) is 0 Å². The molecule has 0 unspecified atom stereocenters. The Morgan fingerprint density at radius 3 is 2.31 bits per heavy atom. The lowest BCUT2D eigenvalue weighted by molar-refractivity contribution is 1.00. The fourth-order valence-electron chi connectivity index (χ4n) is 2.38. The Balaban J connectivity index is 2.09. The van der Waals surface area contributed by atoms with Crippen molar-refractivity contribution < 1.29 is 0 Å². The van der Waals surface area contributed by atoms with Gasteiger partial charge in [0, 0.05) is 0 Å². The molecule has 2 aliphatic carbocycles. The average molecular weight is 172 g/mol. The number of rotatable bonds is 2. The standard InChI is InChI=1S/C13H16/c1-9-3-2-4-12(10-5-6-10)13(9)11-7-8-11/h2-4,10-11H,5-8H2,1H3. The predicted molar refractivity (Wildman–Crippen MR) is 55.1 cm³/mol. The SMILES string of the molecule is Cc1cccc(C2CC2)c1C1CC1. The average Bonchev–Trinajstić information content (AvgIpc) is 3.00. The molecule has 0 radical (unpaired) electrons. The van der Waals surface area contributed by atoms with E-state index in [2.05, 4.69) is 25.1 Å². The quantitative estimate of drug-likeness (QED) is 0.637. The van der Waals surface area contributed by atoms with Crippen molar-refractivity contribution in [2.24, 2.45) is 0 Å². The molecular formula is C13H16. The van der Waals surface area contributed by atoms with Gasteiger partial charge in [-0.1, -0.05) is 18.2 Å². The van der Waals surface area contributed by atoms with Gasteiger partial charge in [-0.2, -0.15) is 0 Å². The smallest absolute Gasteiger partial charge is 0.0156 e. The third-order valence-corrected chi connectivity index (χ3v) is 3.36. The maximum absolute atomic E-state index is 2.36. The maximum atomic E-state index is 2.36. The van der Waals surface area contributed by atoms with E-state index < -0.39 is 0 Å². The van der Waals surface area contributed by atoms with E-state index in [0.717, 1.165) is 11.8 Å². The van der Waals surface area contributed by atoms with Crippen LogP contribution in [-0.4, -0.2) is 0 Å². The van der Waals surface area contributed by atoms with E-state index in [1.165, 1.54) is 31.2 Å². The monoisotopic (exact) mass is 172 g/mol. The normalized spacial score (nSPS) is 21.9. The van der Waals surface area contributed by atoms with E-state index in [9.17, 15) is 0 Å². The molecule has 0 N–H and O–H groups in total. The maximum Gasteiger partial charge on any atom is -0.0156 e. The second kappa shape index (κ2) is 2.60. The molecule has 0 heteroatoms. The highest BCUT2D eigenvalue weighted by Crippen LogP contribution is 2.50. The van der Waals surface area contributed by atoms with Crippen LogP contribution in [0.5, 0.6) is 0 Å². The Kier molecular flexibility index (Phi) is 1.52. The van der Waals surface area contributed by atoms with Gasteiger partial charge < -0.3 is 0 Å². The third-order valence-electron chi connectivity index (χ3n) is 3.36. The lowest BCUT2D eigenvalue weighted by atomic mass is 9.95. The van der Waals surface area contributed by atoms with Gasteiger partial charge in [-0.05, 0) is 61.1 Å². The van der Waals surface area contributed by atoms with E-state index in [-0.39, 0.29) is 0 Å². The Morgan fingerprint density at radius 2 is 1.69 bits per heavy atom. The topological polar surface area (TPSA) is 0 Å². The first-order valence-electron chi connectivity index (χ1n) is 5.45. The summed E-state index contributed by atoms with van der Waals surface area (Å²) in [6.07, 6.45) is 5.74. The highest BCUT2D eigenvalue weighted by Gasteiger charge is 2.33. The minimum Gasteiger partial charge on any atom is -0.0617 e. The molecule has 0 aromatic heterocycles. The summed E-state index contributed by atoms with van der Waals surface area (Å²) in [4.78, 5) is 0. The zero-order valence-electron chi connectivity index (χ0n) is 8.22. The minimum absolute atomic E-state index is 0.926. The molecule has 1 aromatic rings. The molecule has 0 saturated heterocycles. The first-order valence-corrected chi connectivity index (χ1v) is 5.45. The summed E-state index contributed by atoms with van der Waals surface area (Å²) in [6, 6.07) is 6.87. The zero-order valence-corrected chi connectivity index (χ0v) is 8.22. The van der Waals surface area contributed by atoms with Gasteiger partial charge in [0.1, 0.15) is 0 Å². The minimum atomic E-state index is 0.926. The van der Waals surface area contributed by atoms with Gasteiger partial charge in [-0.25, -0.2) is 0 Å². The second-order valence-electron chi connectivity index (χ2n) is 4.63. The van der Waals surface area contributed by atoms with Crippen molar-refractivity contribution in [3.05, 3.63) is 34.9 Å². The van der Waals surface area contributed by atoms with Gasteiger partial charge in [0.2, 0.25) is 0 Å². The molecule has 0 spiro atoms. The van der Waals surface area contributed by atoms with Crippen LogP contribution in [-0.2, 0) is 0 Å². The van der Waals surface area contributed by atoms with E-state index >= 15 is 0 Å². The fourth-order valence-corrected chi connectivity index (χ4v) is 2.38. The number of hydrogen-bond donors (Lipinski definition) is 0. The fraction of sp³-hybridized carbons (Fsp3) is 0.538. The van der Waals surface area contributed by atoms with Gasteiger partial charge in [0.15, 0.2) is 0 Å². The number of benzene rings is 1. The first kappa shape index (κ1) is 7.61. The first-order chi connectivity index (χ1) is 6.36. The second-order valence-corrected chi connectivity index (χ2v) is 4.63. The van der Waals surface area contributed by atoms with E-state index in [4.69, 9.17) is 0 Å². The molecule has 0 aliphatic heterocycles. The molecule has 2 aliphatic rings. The van der Waals surface area contributed by atoms with Crippen molar-refractivity contribution in [2.75, 3.05) is 0 Å².